The number of nitrogens with zero attached hydrogens (tertiary/aromatic N) is 1. The van der Waals surface area contributed by atoms with E-state index in [1.54, 1.807) is 6.07 Å². The average Bonchev–Trinajstić information content (AvgIpc) is 2.36. The molecule has 0 fully saturated rings. The number of carbonyl (C=O) groups excluding carboxylic acids is 1. The van der Waals surface area contributed by atoms with Crippen molar-refractivity contribution in [2.24, 2.45) is 0 Å². The molecule has 0 bridgehead atoms. The Bertz CT molecular complexity index is 598. The summed E-state index contributed by atoms with van der Waals surface area (Å²) in [5.74, 6) is -1.10. The van der Waals surface area contributed by atoms with Crippen molar-refractivity contribution in [2.45, 2.75) is 0 Å². The number of aliphatic carboxylic acids is 1. The van der Waals surface area contributed by atoms with Crippen LogP contribution in [0.1, 0.15) is 0 Å². The van der Waals surface area contributed by atoms with E-state index in [4.69, 9.17) is 5.11 Å². The number of para-hydroxylation sites is 1. The van der Waals surface area contributed by atoms with Gasteiger partial charge in [0.25, 0.3) is 0 Å². The fourth-order valence-electron chi connectivity index (χ4n) is 1.47. The number of hydrogen-bond donors (Lipinski definition) is 3. The minimum atomic E-state index is -1.10. The van der Waals surface area contributed by atoms with Crippen LogP contribution in [0.25, 0.3) is 10.9 Å². The molecule has 0 aliphatic heterocycles. The molecule has 3 N–H and O–H groups in total. The number of pyridine rings is 1. The molecule has 0 unspecified atom stereocenters. The molecule has 0 aliphatic carbocycles. The van der Waals surface area contributed by atoms with Gasteiger partial charge in [-0.2, -0.15) is 0 Å². The lowest BCUT2D eigenvalue weighted by atomic mass is 10.2. The fourth-order valence-corrected chi connectivity index (χ4v) is 1.47. The summed E-state index contributed by atoms with van der Waals surface area (Å²) in [6.45, 7) is -0.424. The van der Waals surface area contributed by atoms with Crippen LogP contribution in [0, 0.1) is 0 Å². The second-order valence-corrected chi connectivity index (χ2v) is 3.62. The summed E-state index contributed by atoms with van der Waals surface area (Å²) in [7, 11) is 0. The first-order valence-electron chi connectivity index (χ1n) is 5.26. The molecule has 0 saturated carbocycles. The molecule has 2 aromatic rings. The van der Waals surface area contributed by atoms with E-state index in [-0.39, 0.29) is 0 Å². The Morgan fingerprint density at radius 1 is 1.28 bits per heavy atom. The molecule has 2 rings (SSSR count). The molecule has 6 nitrogen and oxygen atoms in total. The number of amides is 2. The summed E-state index contributed by atoms with van der Waals surface area (Å²) < 4.78 is 0. The molecule has 1 heterocycles. The number of aromatic nitrogens is 1. The van der Waals surface area contributed by atoms with Crippen molar-refractivity contribution in [3.05, 3.63) is 36.5 Å². The number of anilines is 1. The zero-order chi connectivity index (χ0) is 13.0. The van der Waals surface area contributed by atoms with Crippen molar-refractivity contribution >= 4 is 28.6 Å². The zero-order valence-corrected chi connectivity index (χ0v) is 9.38. The number of hydrogen-bond acceptors (Lipinski definition) is 3. The summed E-state index contributed by atoms with van der Waals surface area (Å²) in [4.78, 5) is 25.8. The smallest absolute Gasteiger partial charge is 0.323 e. The molecule has 1 aromatic carbocycles. The molecular formula is C12H11N3O3. The van der Waals surface area contributed by atoms with Crippen LogP contribution in [0.2, 0.25) is 0 Å². The molecule has 0 aliphatic rings. The minimum absolute atomic E-state index is 0.424. The maximum Gasteiger partial charge on any atom is 0.323 e. The Morgan fingerprint density at radius 2 is 2.06 bits per heavy atom. The molecule has 0 radical (unpaired) electrons. The molecule has 6 heteroatoms. The summed E-state index contributed by atoms with van der Waals surface area (Å²) in [6.07, 6.45) is 1.52. The molecule has 0 atom stereocenters. The van der Waals surface area contributed by atoms with Crippen LogP contribution < -0.4 is 10.6 Å². The van der Waals surface area contributed by atoms with Gasteiger partial charge in [-0.05, 0) is 12.1 Å². The third-order valence-electron chi connectivity index (χ3n) is 2.25. The van der Waals surface area contributed by atoms with E-state index in [2.05, 4.69) is 15.6 Å². The van der Waals surface area contributed by atoms with Gasteiger partial charge in [-0.1, -0.05) is 18.2 Å². The van der Waals surface area contributed by atoms with Gasteiger partial charge in [-0.15, -0.1) is 0 Å². The number of urea groups is 1. The van der Waals surface area contributed by atoms with Crippen LogP contribution in [0.5, 0.6) is 0 Å². The summed E-state index contributed by atoms with van der Waals surface area (Å²) >= 11 is 0. The predicted molar refractivity (Wildman–Crippen MR) is 66.4 cm³/mol. The molecule has 1 aromatic heterocycles. The molecule has 18 heavy (non-hydrogen) atoms. The second kappa shape index (κ2) is 5.13. The predicted octanol–water partition coefficient (Wildman–Crippen LogP) is 1.44. The molecule has 0 saturated heterocycles. The van der Waals surface area contributed by atoms with Gasteiger partial charge >= 0.3 is 12.0 Å². The van der Waals surface area contributed by atoms with Crippen LogP contribution in [-0.2, 0) is 4.79 Å². The van der Waals surface area contributed by atoms with E-state index in [1.165, 1.54) is 6.20 Å². The molecule has 2 amide bonds. The van der Waals surface area contributed by atoms with Gasteiger partial charge in [0, 0.05) is 5.39 Å². The minimum Gasteiger partial charge on any atom is -0.480 e. The number of rotatable bonds is 3. The van der Waals surface area contributed by atoms with Gasteiger partial charge in [-0.3, -0.25) is 9.78 Å². The van der Waals surface area contributed by atoms with Crippen molar-refractivity contribution in [3.8, 4) is 0 Å². The summed E-state index contributed by atoms with van der Waals surface area (Å²) in [6, 6.07) is 8.68. The zero-order valence-electron chi connectivity index (χ0n) is 9.38. The SMILES string of the molecule is O=C(O)CNC(=O)Nc1cnc2ccccc2c1. The van der Waals surface area contributed by atoms with Crippen molar-refractivity contribution in [1.29, 1.82) is 0 Å². The quantitative estimate of drug-likeness (QED) is 0.763. The van der Waals surface area contributed by atoms with Crippen LogP contribution >= 0.6 is 0 Å². The molecule has 0 spiro atoms. The van der Waals surface area contributed by atoms with Crippen molar-refractivity contribution < 1.29 is 14.7 Å². The van der Waals surface area contributed by atoms with Crippen molar-refractivity contribution in [3.63, 3.8) is 0 Å². The number of carbonyl (C=O) groups is 2. The van der Waals surface area contributed by atoms with Crippen molar-refractivity contribution in [1.82, 2.24) is 10.3 Å². The first kappa shape index (κ1) is 11.8. The monoisotopic (exact) mass is 245 g/mol. The highest BCUT2D eigenvalue weighted by Gasteiger charge is 2.04. The van der Waals surface area contributed by atoms with Crippen LogP contribution in [-0.4, -0.2) is 28.6 Å². The first-order chi connectivity index (χ1) is 8.65. The van der Waals surface area contributed by atoms with Gasteiger partial charge in [-0.25, -0.2) is 4.79 Å². The number of carboxylic acid groups (broad SMARTS) is 1. The lowest BCUT2D eigenvalue weighted by Crippen LogP contribution is -2.33. The lowest BCUT2D eigenvalue weighted by molar-refractivity contribution is -0.135. The third kappa shape index (κ3) is 2.94. The second-order valence-electron chi connectivity index (χ2n) is 3.62. The van der Waals surface area contributed by atoms with E-state index in [0.717, 1.165) is 10.9 Å². The van der Waals surface area contributed by atoms with Crippen LogP contribution in [0.3, 0.4) is 0 Å². The number of nitrogens with one attached hydrogen (secondary N) is 2. The Morgan fingerprint density at radius 3 is 2.83 bits per heavy atom. The molecular weight excluding hydrogens is 234 g/mol. The van der Waals surface area contributed by atoms with Gasteiger partial charge in [0.15, 0.2) is 0 Å². The van der Waals surface area contributed by atoms with Gasteiger partial charge in [0.2, 0.25) is 0 Å². The maximum absolute atomic E-state index is 11.3. The standard InChI is InChI=1S/C12H11N3O3/c16-11(17)7-14-12(18)15-9-5-8-3-1-2-4-10(8)13-6-9/h1-6H,7H2,(H,16,17)(H2,14,15,18). The average molecular weight is 245 g/mol. The van der Waals surface area contributed by atoms with E-state index in [9.17, 15) is 9.59 Å². The highest BCUT2D eigenvalue weighted by Crippen LogP contribution is 2.15. The Labute approximate surface area is 103 Å². The number of fused-ring (bicyclic) bond motifs is 1. The van der Waals surface area contributed by atoms with Crippen LogP contribution in [0.4, 0.5) is 10.5 Å². The number of benzene rings is 1. The van der Waals surface area contributed by atoms with Gasteiger partial charge < -0.3 is 15.7 Å². The van der Waals surface area contributed by atoms with Gasteiger partial charge in [0.05, 0.1) is 17.4 Å². The van der Waals surface area contributed by atoms with Crippen LogP contribution in [0.15, 0.2) is 36.5 Å². The van der Waals surface area contributed by atoms with Crippen molar-refractivity contribution in [2.75, 3.05) is 11.9 Å². The topological polar surface area (TPSA) is 91.3 Å². The Hall–Kier alpha value is -2.63. The highest BCUT2D eigenvalue weighted by molar-refractivity contribution is 5.93. The van der Waals surface area contributed by atoms with E-state index in [1.807, 2.05) is 24.3 Å². The largest absolute Gasteiger partial charge is 0.480 e. The summed E-state index contributed by atoms with van der Waals surface area (Å²) in [5, 5.41) is 14.0. The highest BCUT2D eigenvalue weighted by atomic mass is 16.4. The normalized spacial score (nSPS) is 10.0. The van der Waals surface area contributed by atoms with E-state index >= 15 is 0 Å². The third-order valence-corrected chi connectivity index (χ3v) is 2.25. The molecule has 92 valence electrons. The Balaban J connectivity index is 2.07. The number of carboxylic acids is 1. The Kier molecular flexibility index (Phi) is 3.38. The summed E-state index contributed by atoms with van der Waals surface area (Å²) in [5.41, 5.74) is 1.34. The fraction of sp³-hybridized carbons (Fsp3) is 0.0833. The van der Waals surface area contributed by atoms with E-state index < -0.39 is 18.5 Å². The first-order valence-corrected chi connectivity index (χ1v) is 5.26. The lowest BCUT2D eigenvalue weighted by Gasteiger charge is -2.06. The van der Waals surface area contributed by atoms with Gasteiger partial charge in [0.1, 0.15) is 6.54 Å². The van der Waals surface area contributed by atoms with E-state index in [0.29, 0.717) is 5.69 Å². The maximum atomic E-state index is 11.3.